The summed E-state index contributed by atoms with van der Waals surface area (Å²) in [5.74, 6) is -0.417. The van der Waals surface area contributed by atoms with Crippen LogP contribution in [0.3, 0.4) is 0 Å². The van der Waals surface area contributed by atoms with Gasteiger partial charge in [0.05, 0.1) is 0 Å². The zero-order chi connectivity index (χ0) is 15.1. The molecule has 0 aliphatic rings. The van der Waals surface area contributed by atoms with Gasteiger partial charge in [-0.25, -0.2) is 4.79 Å². The Balaban J connectivity index is 3.11. The first kappa shape index (κ1) is 16.6. The van der Waals surface area contributed by atoms with Crippen molar-refractivity contribution in [3.63, 3.8) is 0 Å². The molecule has 1 amide bonds. The third-order valence-corrected chi connectivity index (χ3v) is 3.72. The number of aryl methyl sites for hydroxylation is 1. The number of anilines is 1. The van der Waals surface area contributed by atoms with Crippen molar-refractivity contribution in [1.82, 2.24) is 0 Å². The summed E-state index contributed by atoms with van der Waals surface area (Å²) in [6, 6.07) is 6.57. The summed E-state index contributed by atoms with van der Waals surface area (Å²) in [5, 5.41) is 9.43. The average Bonchev–Trinajstić information content (AvgIpc) is 2.43. The van der Waals surface area contributed by atoms with Gasteiger partial charge in [0.15, 0.2) is 0 Å². The molecular weight excluding hydrogens is 274 g/mol. The van der Waals surface area contributed by atoms with Crippen LogP contribution in [0.4, 0.5) is 5.69 Å². The molecule has 0 saturated carbocycles. The lowest BCUT2D eigenvalue weighted by atomic mass is 10.1. The molecule has 5 heteroatoms. The predicted octanol–water partition coefficient (Wildman–Crippen LogP) is 2.94. The van der Waals surface area contributed by atoms with Crippen LogP contribution < -0.4 is 4.90 Å². The number of thioether (sulfide) groups is 1. The van der Waals surface area contributed by atoms with Gasteiger partial charge in [-0.3, -0.25) is 9.69 Å². The summed E-state index contributed by atoms with van der Waals surface area (Å²) in [7, 11) is 0. The summed E-state index contributed by atoms with van der Waals surface area (Å²) in [6.07, 6.45) is 2.66. The average molecular weight is 295 g/mol. The minimum Gasteiger partial charge on any atom is -0.480 e. The van der Waals surface area contributed by atoms with Gasteiger partial charge in [0, 0.05) is 12.1 Å². The van der Waals surface area contributed by atoms with Crippen LogP contribution in [0.2, 0.25) is 0 Å². The van der Waals surface area contributed by atoms with E-state index in [2.05, 4.69) is 0 Å². The highest BCUT2D eigenvalue weighted by Crippen LogP contribution is 2.22. The molecule has 0 spiro atoms. The predicted molar refractivity (Wildman–Crippen MR) is 83.4 cm³/mol. The van der Waals surface area contributed by atoms with Crippen LogP contribution in [-0.2, 0) is 9.59 Å². The van der Waals surface area contributed by atoms with Gasteiger partial charge >= 0.3 is 5.97 Å². The Labute approximate surface area is 124 Å². The first-order chi connectivity index (χ1) is 9.51. The standard InChI is InChI=1S/C15H21NO3S/c1-4-14(17)16(12-7-5-11(2)6-8-12)13(15(18)19)9-10-20-3/h5-8,13H,4,9-10H2,1-3H3,(H,18,19)/t13-/m0/s1. The Bertz CT molecular complexity index is 459. The lowest BCUT2D eigenvalue weighted by Gasteiger charge is -2.29. The molecule has 110 valence electrons. The number of carboxylic acids is 1. The van der Waals surface area contributed by atoms with Crippen LogP contribution >= 0.6 is 11.8 Å². The summed E-state index contributed by atoms with van der Waals surface area (Å²) in [4.78, 5) is 25.1. The molecule has 4 nitrogen and oxygen atoms in total. The Morgan fingerprint density at radius 1 is 1.30 bits per heavy atom. The van der Waals surface area contributed by atoms with E-state index in [1.807, 2.05) is 25.3 Å². The molecule has 0 aliphatic carbocycles. The van der Waals surface area contributed by atoms with E-state index in [1.54, 1.807) is 30.8 Å². The third-order valence-electron chi connectivity index (χ3n) is 3.08. The van der Waals surface area contributed by atoms with E-state index in [-0.39, 0.29) is 12.3 Å². The fraction of sp³-hybridized carbons (Fsp3) is 0.467. The molecule has 0 bridgehead atoms. The van der Waals surface area contributed by atoms with E-state index >= 15 is 0 Å². The van der Waals surface area contributed by atoms with Gasteiger partial charge in [-0.15, -0.1) is 0 Å². The molecule has 0 fully saturated rings. The SMILES string of the molecule is CCC(=O)N(c1ccc(C)cc1)[C@@H](CCSC)C(=O)O. The highest BCUT2D eigenvalue weighted by Gasteiger charge is 2.29. The van der Waals surface area contributed by atoms with Crippen LogP contribution in [0.25, 0.3) is 0 Å². The van der Waals surface area contributed by atoms with Crippen molar-refractivity contribution < 1.29 is 14.7 Å². The molecule has 0 unspecified atom stereocenters. The van der Waals surface area contributed by atoms with Crippen LogP contribution in [-0.4, -0.2) is 35.0 Å². The monoisotopic (exact) mass is 295 g/mol. The maximum atomic E-state index is 12.2. The van der Waals surface area contributed by atoms with Gasteiger partial charge in [-0.1, -0.05) is 24.6 Å². The van der Waals surface area contributed by atoms with E-state index in [0.717, 1.165) is 5.56 Å². The molecule has 1 rings (SSSR count). The summed E-state index contributed by atoms with van der Waals surface area (Å²) < 4.78 is 0. The van der Waals surface area contributed by atoms with Crippen LogP contribution in [0.5, 0.6) is 0 Å². The smallest absolute Gasteiger partial charge is 0.326 e. The summed E-state index contributed by atoms with van der Waals surface area (Å²) in [6.45, 7) is 3.70. The maximum absolute atomic E-state index is 12.2. The molecule has 1 aromatic rings. The number of carboxylic acid groups (broad SMARTS) is 1. The van der Waals surface area contributed by atoms with Crippen LogP contribution in [0.15, 0.2) is 24.3 Å². The van der Waals surface area contributed by atoms with Crippen molar-refractivity contribution >= 4 is 29.3 Å². The van der Waals surface area contributed by atoms with Gasteiger partial charge < -0.3 is 5.11 Å². The number of hydrogen-bond acceptors (Lipinski definition) is 3. The number of aliphatic carboxylic acids is 1. The van der Waals surface area contributed by atoms with Crippen LogP contribution in [0, 0.1) is 6.92 Å². The van der Waals surface area contributed by atoms with E-state index in [1.165, 1.54) is 4.90 Å². The summed E-state index contributed by atoms with van der Waals surface area (Å²) in [5.41, 5.74) is 1.73. The molecule has 1 aromatic carbocycles. The van der Waals surface area contributed by atoms with E-state index in [4.69, 9.17) is 0 Å². The maximum Gasteiger partial charge on any atom is 0.326 e. The fourth-order valence-corrected chi connectivity index (χ4v) is 2.42. The molecule has 0 radical (unpaired) electrons. The third kappa shape index (κ3) is 4.27. The van der Waals surface area contributed by atoms with E-state index in [9.17, 15) is 14.7 Å². The number of carbonyl (C=O) groups excluding carboxylic acids is 1. The Kier molecular flexibility index (Phi) is 6.58. The first-order valence-electron chi connectivity index (χ1n) is 6.61. The van der Waals surface area contributed by atoms with Crippen molar-refractivity contribution in [2.75, 3.05) is 16.9 Å². The first-order valence-corrected chi connectivity index (χ1v) is 8.01. The van der Waals surface area contributed by atoms with E-state index < -0.39 is 12.0 Å². The zero-order valence-electron chi connectivity index (χ0n) is 12.1. The van der Waals surface area contributed by atoms with Crippen molar-refractivity contribution in [2.45, 2.75) is 32.7 Å². The fourth-order valence-electron chi connectivity index (χ4n) is 1.97. The molecular formula is C15H21NO3S. The number of hydrogen-bond donors (Lipinski definition) is 1. The second-order valence-electron chi connectivity index (χ2n) is 4.59. The molecule has 1 atom stereocenters. The molecule has 1 N–H and O–H groups in total. The number of benzene rings is 1. The Hall–Kier alpha value is -1.49. The number of amides is 1. The topological polar surface area (TPSA) is 57.6 Å². The van der Waals surface area contributed by atoms with Crippen LogP contribution in [0.1, 0.15) is 25.3 Å². The zero-order valence-corrected chi connectivity index (χ0v) is 12.9. The van der Waals surface area contributed by atoms with Gasteiger partial charge in [-0.05, 0) is 37.5 Å². The van der Waals surface area contributed by atoms with Gasteiger partial charge in [-0.2, -0.15) is 11.8 Å². The molecule has 0 saturated heterocycles. The minimum atomic E-state index is -0.957. The highest BCUT2D eigenvalue weighted by atomic mass is 32.2. The second kappa shape index (κ2) is 7.94. The Morgan fingerprint density at radius 2 is 1.90 bits per heavy atom. The van der Waals surface area contributed by atoms with Gasteiger partial charge in [0.1, 0.15) is 6.04 Å². The number of rotatable bonds is 7. The lowest BCUT2D eigenvalue weighted by molar-refractivity contribution is -0.140. The number of nitrogens with zero attached hydrogens (tertiary/aromatic N) is 1. The van der Waals surface area contributed by atoms with Crippen molar-refractivity contribution in [1.29, 1.82) is 0 Å². The molecule has 0 aliphatic heterocycles. The normalized spacial score (nSPS) is 11.9. The van der Waals surface area contributed by atoms with Crippen molar-refractivity contribution in [2.24, 2.45) is 0 Å². The molecule has 20 heavy (non-hydrogen) atoms. The second-order valence-corrected chi connectivity index (χ2v) is 5.57. The van der Waals surface area contributed by atoms with Crippen molar-refractivity contribution in [3.8, 4) is 0 Å². The largest absolute Gasteiger partial charge is 0.480 e. The van der Waals surface area contributed by atoms with Gasteiger partial charge in [0.2, 0.25) is 5.91 Å². The Morgan fingerprint density at radius 3 is 2.35 bits per heavy atom. The minimum absolute atomic E-state index is 0.164. The summed E-state index contributed by atoms with van der Waals surface area (Å²) >= 11 is 1.58. The number of carbonyl (C=O) groups is 2. The highest BCUT2D eigenvalue weighted by molar-refractivity contribution is 7.98. The molecule has 0 aromatic heterocycles. The van der Waals surface area contributed by atoms with Crippen molar-refractivity contribution in [3.05, 3.63) is 29.8 Å². The lowest BCUT2D eigenvalue weighted by Crippen LogP contribution is -2.45. The van der Waals surface area contributed by atoms with Gasteiger partial charge in [0.25, 0.3) is 0 Å². The van der Waals surface area contributed by atoms with E-state index in [0.29, 0.717) is 17.9 Å². The quantitative estimate of drug-likeness (QED) is 0.840. The molecule has 0 heterocycles.